The van der Waals surface area contributed by atoms with Crippen LogP contribution in [-0.4, -0.2) is 41.6 Å². The number of carbonyl (C=O) groups is 1. The van der Waals surface area contributed by atoms with Gasteiger partial charge in [-0.1, -0.05) is 12.1 Å². The molecule has 1 aromatic carbocycles. The van der Waals surface area contributed by atoms with Gasteiger partial charge in [-0.25, -0.2) is 0 Å². The Morgan fingerprint density at radius 3 is 2.88 bits per heavy atom. The van der Waals surface area contributed by atoms with Crippen molar-refractivity contribution < 1.29 is 14.3 Å². The van der Waals surface area contributed by atoms with Gasteiger partial charge in [0.2, 0.25) is 5.91 Å². The zero-order valence-corrected chi connectivity index (χ0v) is 15.5. The van der Waals surface area contributed by atoms with Crippen LogP contribution < -0.4 is 4.74 Å². The first-order valence-electron chi connectivity index (χ1n) is 9.11. The Kier molecular flexibility index (Phi) is 6.23. The molecular weight excluding hydrogens is 328 g/mol. The highest BCUT2D eigenvalue weighted by molar-refractivity contribution is 5.76. The van der Waals surface area contributed by atoms with Gasteiger partial charge in [0.15, 0.2) is 0 Å². The van der Waals surface area contributed by atoms with Crippen LogP contribution in [0.3, 0.4) is 0 Å². The molecule has 5 nitrogen and oxygen atoms in total. The summed E-state index contributed by atoms with van der Waals surface area (Å²) < 4.78 is 11.6. The zero-order chi connectivity index (χ0) is 18.4. The third-order valence-corrected chi connectivity index (χ3v) is 4.75. The lowest BCUT2D eigenvalue weighted by Gasteiger charge is -2.17. The third-order valence-electron chi connectivity index (χ3n) is 4.75. The number of benzene rings is 1. The molecule has 0 radical (unpaired) electrons. The molecule has 0 bridgehead atoms. The molecular formula is C21H26N2O3. The standard InChI is InChI=1S/C21H26N2O3/c1-16-6-7-19(13-17(16)2)25-12-9-21(24)23-11-8-20(14-23)26-15-18-5-3-4-10-22-18/h3-7,10,13,20H,8-9,11-12,14-15H2,1-2H3. The van der Waals surface area contributed by atoms with E-state index in [0.717, 1.165) is 24.4 Å². The van der Waals surface area contributed by atoms with Crippen molar-refractivity contribution >= 4 is 5.91 Å². The van der Waals surface area contributed by atoms with Crippen molar-refractivity contribution in [3.8, 4) is 5.75 Å². The maximum atomic E-state index is 12.4. The smallest absolute Gasteiger partial charge is 0.226 e. The Bertz CT molecular complexity index is 733. The molecule has 1 aliphatic rings. The number of nitrogens with zero attached hydrogens (tertiary/aromatic N) is 2. The first-order valence-corrected chi connectivity index (χ1v) is 9.11. The van der Waals surface area contributed by atoms with E-state index in [4.69, 9.17) is 9.47 Å². The summed E-state index contributed by atoms with van der Waals surface area (Å²) in [5.74, 6) is 0.941. The van der Waals surface area contributed by atoms with Gasteiger partial charge in [-0.2, -0.15) is 0 Å². The Hall–Kier alpha value is -2.40. The molecule has 0 saturated carbocycles. The molecule has 1 saturated heterocycles. The first-order chi connectivity index (χ1) is 12.6. The molecule has 26 heavy (non-hydrogen) atoms. The first kappa shape index (κ1) is 18.4. The summed E-state index contributed by atoms with van der Waals surface area (Å²) in [5, 5.41) is 0. The van der Waals surface area contributed by atoms with Crippen molar-refractivity contribution in [1.82, 2.24) is 9.88 Å². The minimum absolute atomic E-state index is 0.0848. The van der Waals surface area contributed by atoms with Crippen LogP contribution in [0.2, 0.25) is 0 Å². The van der Waals surface area contributed by atoms with E-state index in [1.165, 1.54) is 11.1 Å². The van der Waals surface area contributed by atoms with Crippen LogP contribution in [0.15, 0.2) is 42.6 Å². The normalized spacial score (nSPS) is 16.7. The summed E-state index contributed by atoms with van der Waals surface area (Å²) >= 11 is 0. The van der Waals surface area contributed by atoms with Crippen LogP contribution in [0.25, 0.3) is 0 Å². The fourth-order valence-corrected chi connectivity index (χ4v) is 3.00. The molecule has 0 N–H and O–H groups in total. The van der Waals surface area contributed by atoms with E-state index < -0.39 is 0 Å². The van der Waals surface area contributed by atoms with E-state index in [1.807, 2.05) is 41.3 Å². The highest BCUT2D eigenvalue weighted by Gasteiger charge is 2.26. The molecule has 138 valence electrons. The van der Waals surface area contributed by atoms with Gasteiger partial charge in [0.1, 0.15) is 5.75 Å². The number of ether oxygens (including phenoxy) is 2. The number of aryl methyl sites for hydroxylation is 2. The van der Waals surface area contributed by atoms with Crippen molar-refractivity contribution in [2.24, 2.45) is 0 Å². The predicted molar refractivity (Wildman–Crippen MR) is 100 cm³/mol. The number of pyridine rings is 1. The molecule has 1 unspecified atom stereocenters. The lowest BCUT2D eigenvalue weighted by molar-refractivity contribution is -0.131. The number of likely N-dealkylation sites (tertiary alicyclic amines) is 1. The van der Waals surface area contributed by atoms with Crippen LogP contribution >= 0.6 is 0 Å². The zero-order valence-electron chi connectivity index (χ0n) is 15.5. The van der Waals surface area contributed by atoms with Gasteiger partial charge in [-0.05, 0) is 55.7 Å². The number of carbonyl (C=O) groups excluding carboxylic acids is 1. The molecule has 1 aromatic heterocycles. The Morgan fingerprint density at radius 1 is 1.23 bits per heavy atom. The summed E-state index contributed by atoms with van der Waals surface area (Å²) in [7, 11) is 0. The summed E-state index contributed by atoms with van der Waals surface area (Å²) in [5.41, 5.74) is 3.35. The van der Waals surface area contributed by atoms with Crippen LogP contribution in [0.1, 0.15) is 29.7 Å². The monoisotopic (exact) mass is 354 g/mol. The average Bonchev–Trinajstić information content (AvgIpc) is 3.13. The molecule has 2 heterocycles. The molecule has 0 aliphatic carbocycles. The van der Waals surface area contributed by atoms with Crippen molar-refractivity contribution in [1.29, 1.82) is 0 Å². The molecule has 3 rings (SSSR count). The van der Waals surface area contributed by atoms with E-state index in [0.29, 0.717) is 26.2 Å². The van der Waals surface area contributed by atoms with Crippen molar-refractivity contribution in [2.75, 3.05) is 19.7 Å². The Labute approximate surface area is 155 Å². The molecule has 1 fully saturated rings. The average molecular weight is 354 g/mol. The number of amides is 1. The summed E-state index contributed by atoms with van der Waals surface area (Å²) in [6.45, 7) is 6.41. The van der Waals surface area contributed by atoms with E-state index in [-0.39, 0.29) is 12.0 Å². The molecule has 5 heteroatoms. The van der Waals surface area contributed by atoms with E-state index >= 15 is 0 Å². The number of rotatable bonds is 7. The van der Waals surface area contributed by atoms with Crippen molar-refractivity contribution in [3.05, 3.63) is 59.4 Å². The maximum absolute atomic E-state index is 12.4. The third kappa shape index (κ3) is 5.05. The van der Waals surface area contributed by atoms with Gasteiger partial charge < -0.3 is 14.4 Å². The molecule has 1 atom stereocenters. The van der Waals surface area contributed by atoms with E-state index in [1.54, 1.807) is 6.20 Å². The number of hydrogen-bond donors (Lipinski definition) is 0. The number of hydrogen-bond acceptors (Lipinski definition) is 4. The van der Waals surface area contributed by atoms with E-state index in [9.17, 15) is 4.79 Å². The van der Waals surface area contributed by atoms with Crippen molar-refractivity contribution in [3.63, 3.8) is 0 Å². The molecule has 1 aliphatic heterocycles. The maximum Gasteiger partial charge on any atom is 0.226 e. The van der Waals surface area contributed by atoms with Gasteiger partial charge >= 0.3 is 0 Å². The summed E-state index contributed by atoms with van der Waals surface area (Å²) in [6, 6.07) is 11.8. The fraction of sp³-hybridized carbons (Fsp3) is 0.429. The lowest BCUT2D eigenvalue weighted by Crippen LogP contribution is -2.31. The van der Waals surface area contributed by atoms with Gasteiger partial charge in [-0.3, -0.25) is 9.78 Å². The summed E-state index contributed by atoms with van der Waals surface area (Å²) in [6.07, 6.45) is 3.11. The topological polar surface area (TPSA) is 51.7 Å². The minimum atomic E-state index is 0.0848. The highest BCUT2D eigenvalue weighted by atomic mass is 16.5. The van der Waals surface area contributed by atoms with Crippen LogP contribution in [0.5, 0.6) is 5.75 Å². The largest absolute Gasteiger partial charge is 0.493 e. The van der Waals surface area contributed by atoms with Gasteiger partial charge in [0.05, 0.1) is 31.4 Å². The Morgan fingerprint density at radius 2 is 2.12 bits per heavy atom. The summed E-state index contributed by atoms with van der Waals surface area (Å²) in [4.78, 5) is 18.5. The predicted octanol–water partition coefficient (Wildman–Crippen LogP) is 3.29. The van der Waals surface area contributed by atoms with E-state index in [2.05, 4.69) is 18.8 Å². The molecule has 1 amide bonds. The fourth-order valence-electron chi connectivity index (χ4n) is 3.00. The SMILES string of the molecule is Cc1ccc(OCCC(=O)N2CCC(OCc3ccccn3)C2)cc1C. The quantitative estimate of drug-likeness (QED) is 0.766. The van der Waals surface area contributed by atoms with Gasteiger partial charge in [0, 0.05) is 19.3 Å². The number of aromatic nitrogens is 1. The lowest BCUT2D eigenvalue weighted by atomic mass is 10.1. The van der Waals surface area contributed by atoms with Crippen LogP contribution in [0, 0.1) is 13.8 Å². The second kappa shape index (κ2) is 8.81. The highest BCUT2D eigenvalue weighted by Crippen LogP contribution is 2.18. The Balaban J connectivity index is 1.38. The molecule has 0 spiro atoms. The second-order valence-corrected chi connectivity index (χ2v) is 6.73. The van der Waals surface area contributed by atoms with Crippen LogP contribution in [0.4, 0.5) is 0 Å². The van der Waals surface area contributed by atoms with Gasteiger partial charge in [0.25, 0.3) is 0 Å². The van der Waals surface area contributed by atoms with Gasteiger partial charge in [-0.15, -0.1) is 0 Å². The van der Waals surface area contributed by atoms with Crippen LogP contribution in [-0.2, 0) is 16.1 Å². The molecule has 2 aromatic rings. The minimum Gasteiger partial charge on any atom is -0.493 e. The second-order valence-electron chi connectivity index (χ2n) is 6.73. The van der Waals surface area contributed by atoms with Crippen molar-refractivity contribution in [2.45, 2.75) is 39.4 Å².